The Morgan fingerprint density at radius 3 is 2.46 bits per heavy atom. The zero-order valence-electron chi connectivity index (χ0n) is 18.8. The van der Waals surface area contributed by atoms with Gasteiger partial charge >= 0.3 is 5.69 Å². The van der Waals surface area contributed by atoms with Gasteiger partial charge in [0, 0.05) is 23.9 Å². The minimum absolute atomic E-state index is 0.232. The first kappa shape index (κ1) is 21.8. The molecule has 0 unspecified atom stereocenters. The third-order valence-corrected chi connectivity index (χ3v) is 5.54. The highest BCUT2D eigenvalue weighted by molar-refractivity contribution is 6.09. The highest BCUT2D eigenvalue weighted by Crippen LogP contribution is 2.23. The normalized spacial score (nSPS) is 11.0. The van der Waals surface area contributed by atoms with Crippen molar-refractivity contribution in [3.63, 3.8) is 0 Å². The lowest BCUT2D eigenvalue weighted by molar-refractivity contribution is 0.0996. The molecule has 35 heavy (non-hydrogen) atoms. The van der Waals surface area contributed by atoms with Gasteiger partial charge in [-0.25, -0.2) is 14.0 Å². The Morgan fingerprint density at radius 2 is 1.77 bits per heavy atom. The average Bonchev–Trinajstić information content (AvgIpc) is 3.39. The first-order chi connectivity index (χ1) is 16.8. The molecule has 3 N–H and O–H groups in total. The Labute approximate surface area is 198 Å². The van der Waals surface area contributed by atoms with Crippen LogP contribution in [0.3, 0.4) is 0 Å². The standard InChI is InChI=1S/C24H20N8O3/c1-14-28-30(2)24(35)31(14)18-8-6-15(7-9-18)20-13-21-19(10-11-26-32(21)29-20)23(34)27-17-5-3-4-16(12-17)22(25)33/h3-13H,1-2H3,(H2,25,33)(H,27,34). The van der Waals surface area contributed by atoms with Crippen molar-refractivity contribution in [2.75, 3.05) is 5.32 Å². The highest BCUT2D eigenvalue weighted by atomic mass is 16.2. The van der Waals surface area contributed by atoms with E-state index in [1.165, 1.54) is 26.1 Å². The topological polar surface area (TPSA) is 142 Å². The van der Waals surface area contributed by atoms with E-state index >= 15 is 0 Å². The van der Waals surface area contributed by atoms with Gasteiger partial charge in [-0.3, -0.25) is 9.59 Å². The van der Waals surface area contributed by atoms with Crippen molar-refractivity contribution in [3.05, 3.63) is 94.3 Å². The highest BCUT2D eigenvalue weighted by Gasteiger charge is 2.16. The molecule has 3 aromatic heterocycles. The molecule has 0 spiro atoms. The quantitative estimate of drug-likeness (QED) is 0.404. The molecular formula is C24H20N8O3. The van der Waals surface area contributed by atoms with Crippen molar-refractivity contribution in [1.82, 2.24) is 29.2 Å². The summed E-state index contributed by atoms with van der Waals surface area (Å²) >= 11 is 0. The van der Waals surface area contributed by atoms with Crippen molar-refractivity contribution in [1.29, 1.82) is 0 Å². The van der Waals surface area contributed by atoms with Crippen LogP contribution in [-0.4, -0.2) is 41.0 Å². The minimum atomic E-state index is -0.581. The molecule has 0 fully saturated rings. The van der Waals surface area contributed by atoms with Gasteiger partial charge in [0.05, 0.1) is 23.1 Å². The van der Waals surface area contributed by atoms with Gasteiger partial charge in [0.25, 0.3) is 5.91 Å². The number of fused-ring (bicyclic) bond motifs is 1. The van der Waals surface area contributed by atoms with Crippen LogP contribution >= 0.6 is 0 Å². The molecule has 5 aromatic rings. The summed E-state index contributed by atoms with van der Waals surface area (Å²) in [7, 11) is 1.60. The zero-order valence-corrected chi connectivity index (χ0v) is 18.8. The third-order valence-electron chi connectivity index (χ3n) is 5.54. The molecule has 174 valence electrons. The number of carbonyl (C=O) groups is 2. The second-order valence-electron chi connectivity index (χ2n) is 7.88. The minimum Gasteiger partial charge on any atom is -0.366 e. The van der Waals surface area contributed by atoms with Crippen molar-refractivity contribution < 1.29 is 9.59 Å². The average molecular weight is 468 g/mol. The van der Waals surface area contributed by atoms with E-state index in [4.69, 9.17) is 5.73 Å². The van der Waals surface area contributed by atoms with Crippen LogP contribution in [0.5, 0.6) is 0 Å². The van der Waals surface area contributed by atoms with Gasteiger partial charge in [-0.15, -0.1) is 5.10 Å². The molecule has 3 heterocycles. The number of benzene rings is 2. The molecule has 0 bridgehead atoms. The molecule has 0 aliphatic rings. The van der Waals surface area contributed by atoms with Crippen molar-refractivity contribution >= 4 is 23.0 Å². The van der Waals surface area contributed by atoms with E-state index in [1.807, 2.05) is 24.3 Å². The van der Waals surface area contributed by atoms with E-state index in [9.17, 15) is 14.4 Å². The molecule has 0 saturated carbocycles. The van der Waals surface area contributed by atoms with Crippen molar-refractivity contribution in [2.45, 2.75) is 6.92 Å². The Morgan fingerprint density at radius 1 is 1.00 bits per heavy atom. The molecule has 11 heteroatoms. The summed E-state index contributed by atoms with van der Waals surface area (Å²) < 4.78 is 4.19. The fourth-order valence-electron chi connectivity index (χ4n) is 3.85. The van der Waals surface area contributed by atoms with Gasteiger partial charge in [0.15, 0.2) is 0 Å². The fraction of sp³-hybridized carbons (Fsp3) is 0.0833. The van der Waals surface area contributed by atoms with Crippen LogP contribution in [0.4, 0.5) is 5.69 Å². The van der Waals surface area contributed by atoms with Crippen molar-refractivity contribution in [3.8, 4) is 16.9 Å². The smallest absolute Gasteiger partial charge is 0.350 e. The van der Waals surface area contributed by atoms with E-state index in [0.29, 0.717) is 39.5 Å². The van der Waals surface area contributed by atoms with E-state index in [1.54, 1.807) is 44.3 Å². The van der Waals surface area contributed by atoms with Gasteiger partial charge in [-0.05, 0) is 49.4 Å². The number of aryl methyl sites for hydroxylation is 2. The van der Waals surface area contributed by atoms with Crippen LogP contribution in [0.25, 0.3) is 22.5 Å². The van der Waals surface area contributed by atoms with Crippen LogP contribution < -0.4 is 16.7 Å². The molecule has 0 saturated heterocycles. The molecule has 11 nitrogen and oxygen atoms in total. The Bertz CT molecular complexity index is 1660. The lowest BCUT2D eigenvalue weighted by Gasteiger charge is -2.07. The number of anilines is 1. The van der Waals surface area contributed by atoms with Crippen LogP contribution in [0.1, 0.15) is 26.5 Å². The number of hydrogen-bond donors (Lipinski definition) is 2. The maximum absolute atomic E-state index is 13.0. The van der Waals surface area contributed by atoms with Crippen LogP contribution in [0.15, 0.2) is 71.7 Å². The maximum atomic E-state index is 13.0. The Hall–Kier alpha value is -5.06. The fourth-order valence-corrected chi connectivity index (χ4v) is 3.85. The molecule has 2 amide bonds. The summed E-state index contributed by atoms with van der Waals surface area (Å²) in [5.74, 6) is -0.381. The second kappa shape index (κ2) is 8.37. The number of nitrogens with one attached hydrogen (secondary N) is 1. The van der Waals surface area contributed by atoms with Crippen molar-refractivity contribution in [2.24, 2.45) is 12.8 Å². The number of primary amides is 1. The summed E-state index contributed by atoms with van der Waals surface area (Å²) in [4.78, 5) is 36.7. The van der Waals surface area contributed by atoms with E-state index in [0.717, 1.165) is 5.56 Å². The van der Waals surface area contributed by atoms with E-state index in [2.05, 4.69) is 20.6 Å². The monoisotopic (exact) mass is 468 g/mol. The van der Waals surface area contributed by atoms with Crippen LogP contribution in [-0.2, 0) is 7.05 Å². The van der Waals surface area contributed by atoms with Gasteiger partial charge in [-0.2, -0.15) is 14.8 Å². The second-order valence-corrected chi connectivity index (χ2v) is 7.88. The zero-order chi connectivity index (χ0) is 24.7. The molecule has 5 rings (SSSR count). The maximum Gasteiger partial charge on any atom is 0.350 e. The summed E-state index contributed by atoms with van der Waals surface area (Å²) in [5.41, 5.74) is 8.77. The van der Waals surface area contributed by atoms with Gasteiger partial charge in [0.1, 0.15) is 11.3 Å². The van der Waals surface area contributed by atoms with Gasteiger partial charge in [-0.1, -0.05) is 18.2 Å². The summed E-state index contributed by atoms with van der Waals surface area (Å²) in [6, 6.07) is 17.0. The number of carbonyl (C=O) groups excluding carboxylic acids is 2. The first-order valence-corrected chi connectivity index (χ1v) is 10.6. The summed E-state index contributed by atoms with van der Waals surface area (Å²) in [6.45, 7) is 1.76. The van der Waals surface area contributed by atoms with E-state index < -0.39 is 5.91 Å². The van der Waals surface area contributed by atoms with Gasteiger partial charge in [0.2, 0.25) is 5.91 Å². The van der Waals surface area contributed by atoms with E-state index in [-0.39, 0.29) is 11.6 Å². The molecule has 2 aromatic carbocycles. The molecule has 0 radical (unpaired) electrons. The predicted octanol–water partition coefficient (Wildman–Crippen LogP) is 1.94. The largest absolute Gasteiger partial charge is 0.366 e. The molecule has 0 aliphatic carbocycles. The Balaban J connectivity index is 1.46. The summed E-state index contributed by atoms with van der Waals surface area (Å²) in [6.07, 6.45) is 1.49. The third kappa shape index (κ3) is 3.95. The SMILES string of the molecule is Cc1nn(C)c(=O)n1-c1ccc(-c2cc3c(C(=O)Nc4cccc(C(N)=O)c4)ccnn3n2)cc1. The lowest BCUT2D eigenvalue weighted by atomic mass is 10.1. The number of nitrogens with zero attached hydrogens (tertiary/aromatic N) is 6. The van der Waals surface area contributed by atoms with Crippen LogP contribution in [0, 0.1) is 6.92 Å². The Kier molecular flexibility index (Phi) is 5.21. The number of hydrogen-bond acceptors (Lipinski definition) is 6. The number of rotatable bonds is 5. The molecular weight excluding hydrogens is 448 g/mol. The molecule has 0 atom stereocenters. The lowest BCUT2D eigenvalue weighted by Crippen LogP contribution is -2.21. The predicted molar refractivity (Wildman–Crippen MR) is 128 cm³/mol. The summed E-state index contributed by atoms with van der Waals surface area (Å²) in [5, 5.41) is 15.6. The number of amides is 2. The first-order valence-electron chi connectivity index (χ1n) is 10.6. The number of aromatic nitrogens is 6. The van der Waals surface area contributed by atoms with Gasteiger partial charge < -0.3 is 11.1 Å². The number of nitrogens with two attached hydrogens (primary N) is 1. The molecule has 0 aliphatic heterocycles. The van der Waals surface area contributed by atoms with Crippen LogP contribution in [0.2, 0.25) is 0 Å².